The predicted octanol–water partition coefficient (Wildman–Crippen LogP) is 1.74. The Balaban J connectivity index is 3.03. The van der Waals surface area contributed by atoms with E-state index >= 15 is 0 Å². The van der Waals surface area contributed by atoms with Gasteiger partial charge in [-0.05, 0) is 34.2 Å². The molecule has 74 valence electrons. The number of hydrogen-bond acceptors (Lipinski definition) is 2. The van der Waals surface area contributed by atoms with Crippen LogP contribution in [0.2, 0.25) is 0 Å². The van der Waals surface area contributed by atoms with E-state index in [1.54, 1.807) is 0 Å². The van der Waals surface area contributed by atoms with E-state index in [4.69, 9.17) is 0 Å². The van der Waals surface area contributed by atoms with E-state index in [0.29, 0.717) is 0 Å². The van der Waals surface area contributed by atoms with Crippen molar-refractivity contribution in [2.45, 2.75) is 39.7 Å². The second-order valence-electron chi connectivity index (χ2n) is 3.89. The van der Waals surface area contributed by atoms with E-state index < -0.39 is 0 Å². The minimum Gasteiger partial charge on any atom is -0.344 e. The van der Waals surface area contributed by atoms with Crippen molar-refractivity contribution in [1.82, 2.24) is 15.3 Å². The zero-order chi connectivity index (χ0) is 10.1. The van der Waals surface area contributed by atoms with Crippen molar-refractivity contribution in [1.29, 1.82) is 0 Å². The Labute approximate surface area is 80.0 Å². The summed E-state index contributed by atoms with van der Waals surface area (Å²) in [6.45, 7) is 8.43. The summed E-state index contributed by atoms with van der Waals surface area (Å²) in [5.41, 5.74) is 2.28. The molecule has 3 nitrogen and oxygen atoms in total. The van der Waals surface area contributed by atoms with Crippen LogP contribution >= 0.6 is 0 Å². The Kier molecular flexibility index (Phi) is 2.76. The lowest BCUT2D eigenvalue weighted by Gasteiger charge is -2.20. The van der Waals surface area contributed by atoms with Gasteiger partial charge in [0.15, 0.2) is 0 Å². The molecule has 0 aromatic carbocycles. The second kappa shape index (κ2) is 3.50. The smallest absolute Gasteiger partial charge is 0.126 e. The summed E-state index contributed by atoms with van der Waals surface area (Å²) in [5.74, 6) is 1.02. The molecule has 0 saturated heterocycles. The number of aromatic amines is 1. The van der Waals surface area contributed by atoms with Gasteiger partial charge in [-0.15, -0.1) is 0 Å². The first-order chi connectivity index (χ1) is 6.01. The van der Waals surface area contributed by atoms with Crippen LogP contribution in [0.3, 0.4) is 0 Å². The lowest BCUT2D eigenvalue weighted by atomic mass is 10.1. The van der Waals surface area contributed by atoms with Gasteiger partial charge in [0.25, 0.3) is 0 Å². The molecule has 0 atom stereocenters. The maximum absolute atomic E-state index is 4.55. The van der Waals surface area contributed by atoms with Gasteiger partial charge in [-0.25, -0.2) is 4.98 Å². The number of aromatic nitrogens is 2. The van der Waals surface area contributed by atoms with Crippen molar-refractivity contribution in [3.05, 3.63) is 17.2 Å². The lowest BCUT2D eigenvalue weighted by Crippen LogP contribution is -2.34. The summed E-state index contributed by atoms with van der Waals surface area (Å²) < 4.78 is 0. The first-order valence-corrected chi connectivity index (χ1v) is 4.76. The van der Waals surface area contributed by atoms with Crippen molar-refractivity contribution in [3.8, 4) is 0 Å². The zero-order valence-corrected chi connectivity index (χ0v) is 9.15. The van der Waals surface area contributed by atoms with Crippen LogP contribution in [0.15, 0.2) is 0 Å². The van der Waals surface area contributed by atoms with E-state index in [2.05, 4.69) is 43.0 Å². The van der Waals surface area contributed by atoms with Gasteiger partial charge >= 0.3 is 0 Å². The first kappa shape index (κ1) is 10.3. The van der Waals surface area contributed by atoms with Gasteiger partial charge in [-0.1, -0.05) is 6.92 Å². The molecule has 0 amide bonds. The third-order valence-corrected chi connectivity index (χ3v) is 2.54. The summed E-state index contributed by atoms with van der Waals surface area (Å²) in [5, 5.41) is 3.23. The van der Waals surface area contributed by atoms with Gasteiger partial charge in [-0.3, -0.25) is 0 Å². The second-order valence-corrected chi connectivity index (χ2v) is 3.89. The van der Waals surface area contributed by atoms with Crippen molar-refractivity contribution in [3.63, 3.8) is 0 Å². The molecule has 0 aliphatic heterocycles. The van der Waals surface area contributed by atoms with Gasteiger partial charge in [0.1, 0.15) is 5.82 Å². The molecule has 0 radical (unpaired) electrons. The van der Waals surface area contributed by atoms with Crippen LogP contribution in [-0.4, -0.2) is 17.0 Å². The fourth-order valence-corrected chi connectivity index (χ4v) is 1.26. The highest BCUT2D eigenvalue weighted by Gasteiger charge is 2.22. The maximum atomic E-state index is 4.55. The molecule has 0 bridgehead atoms. The topological polar surface area (TPSA) is 40.7 Å². The molecule has 0 unspecified atom stereocenters. The number of nitrogens with zero attached hydrogens (tertiary/aromatic N) is 1. The molecule has 1 aromatic heterocycles. The van der Waals surface area contributed by atoms with Crippen molar-refractivity contribution in [2.24, 2.45) is 0 Å². The van der Waals surface area contributed by atoms with Crippen molar-refractivity contribution in [2.75, 3.05) is 7.05 Å². The Hall–Kier alpha value is -0.830. The Morgan fingerprint density at radius 2 is 2.08 bits per heavy atom. The van der Waals surface area contributed by atoms with Crippen LogP contribution in [0, 0.1) is 6.92 Å². The SMILES string of the molecule is CCc1nc(C(C)(C)NC)[nH]c1C. The molecule has 0 fully saturated rings. The fourth-order valence-electron chi connectivity index (χ4n) is 1.26. The standard InChI is InChI=1S/C10H19N3/c1-6-8-7(2)12-9(13-8)10(3,4)11-5/h11H,6H2,1-5H3,(H,12,13). The maximum Gasteiger partial charge on any atom is 0.126 e. The van der Waals surface area contributed by atoms with E-state index in [0.717, 1.165) is 12.2 Å². The number of aryl methyl sites for hydroxylation is 2. The van der Waals surface area contributed by atoms with Gasteiger partial charge in [0.05, 0.1) is 11.2 Å². The largest absolute Gasteiger partial charge is 0.344 e. The van der Waals surface area contributed by atoms with Gasteiger partial charge in [0, 0.05) is 5.69 Å². The summed E-state index contributed by atoms with van der Waals surface area (Å²) in [4.78, 5) is 7.87. The monoisotopic (exact) mass is 181 g/mol. The lowest BCUT2D eigenvalue weighted by molar-refractivity contribution is 0.419. The van der Waals surface area contributed by atoms with Gasteiger partial charge < -0.3 is 10.3 Å². The number of rotatable bonds is 3. The number of hydrogen-bond donors (Lipinski definition) is 2. The van der Waals surface area contributed by atoms with Gasteiger partial charge in [-0.2, -0.15) is 0 Å². The van der Waals surface area contributed by atoms with E-state index in [1.807, 2.05) is 7.05 Å². The molecule has 0 aliphatic rings. The number of H-pyrrole nitrogens is 1. The molecular formula is C10H19N3. The molecule has 2 N–H and O–H groups in total. The average Bonchev–Trinajstić information content (AvgIpc) is 2.47. The molecule has 1 aromatic rings. The van der Waals surface area contributed by atoms with Crippen LogP contribution in [0.5, 0.6) is 0 Å². The summed E-state index contributed by atoms with van der Waals surface area (Å²) in [6.07, 6.45) is 0.988. The highest BCUT2D eigenvalue weighted by Crippen LogP contribution is 2.17. The van der Waals surface area contributed by atoms with Crippen LogP contribution < -0.4 is 5.32 Å². The van der Waals surface area contributed by atoms with Crippen molar-refractivity contribution >= 4 is 0 Å². The third-order valence-electron chi connectivity index (χ3n) is 2.54. The third kappa shape index (κ3) is 1.91. The number of imidazole rings is 1. The van der Waals surface area contributed by atoms with Crippen LogP contribution in [-0.2, 0) is 12.0 Å². The van der Waals surface area contributed by atoms with Crippen LogP contribution in [0.25, 0.3) is 0 Å². The summed E-state index contributed by atoms with van der Waals surface area (Å²) in [7, 11) is 1.95. The van der Waals surface area contributed by atoms with E-state index in [9.17, 15) is 0 Å². The Morgan fingerprint density at radius 3 is 2.46 bits per heavy atom. The minimum absolute atomic E-state index is 0.0713. The fraction of sp³-hybridized carbons (Fsp3) is 0.700. The molecule has 1 rings (SSSR count). The molecule has 0 saturated carbocycles. The number of nitrogens with one attached hydrogen (secondary N) is 2. The highest BCUT2D eigenvalue weighted by atomic mass is 15.0. The van der Waals surface area contributed by atoms with E-state index in [1.165, 1.54) is 11.4 Å². The summed E-state index contributed by atoms with van der Waals surface area (Å²) >= 11 is 0. The quantitative estimate of drug-likeness (QED) is 0.745. The predicted molar refractivity (Wildman–Crippen MR) is 54.8 cm³/mol. The highest BCUT2D eigenvalue weighted by molar-refractivity contribution is 5.16. The minimum atomic E-state index is -0.0713. The normalized spacial score (nSPS) is 12.1. The summed E-state index contributed by atoms with van der Waals surface area (Å²) in [6, 6.07) is 0. The first-order valence-electron chi connectivity index (χ1n) is 4.76. The molecular weight excluding hydrogens is 162 g/mol. The molecule has 1 heterocycles. The van der Waals surface area contributed by atoms with Gasteiger partial charge in [0.2, 0.25) is 0 Å². The Morgan fingerprint density at radius 1 is 1.46 bits per heavy atom. The molecule has 13 heavy (non-hydrogen) atoms. The average molecular weight is 181 g/mol. The molecule has 3 heteroatoms. The zero-order valence-electron chi connectivity index (χ0n) is 9.15. The molecule has 0 spiro atoms. The Bertz CT molecular complexity index is 286. The van der Waals surface area contributed by atoms with Crippen LogP contribution in [0.4, 0.5) is 0 Å². The van der Waals surface area contributed by atoms with Crippen LogP contribution in [0.1, 0.15) is 38.0 Å². The van der Waals surface area contributed by atoms with E-state index in [-0.39, 0.29) is 5.54 Å². The van der Waals surface area contributed by atoms with Crippen molar-refractivity contribution < 1.29 is 0 Å². The molecule has 0 aliphatic carbocycles.